The first-order valence-corrected chi connectivity index (χ1v) is 9.38. The highest BCUT2D eigenvalue weighted by molar-refractivity contribution is 7.23. The van der Waals surface area contributed by atoms with Gasteiger partial charge in [-0.2, -0.15) is 0 Å². The number of hydrogen-bond donors (Lipinski definition) is 1. The Morgan fingerprint density at radius 2 is 2.32 bits per heavy atom. The fourth-order valence-electron chi connectivity index (χ4n) is 4.10. The maximum absolute atomic E-state index is 12.3. The minimum absolute atomic E-state index is 0.0691. The lowest BCUT2D eigenvalue weighted by Gasteiger charge is -2.41. The summed E-state index contributed by atoms with van der Waals surface area (Å²) < 4.78 is 6.35. The number of aromatic amines is 1. The van der Waals surface area contributed by atoms with Gasteiger partial charge in [-0.15, -0.1) is 11.3 Å². The minimum atomic E-state index is -0.0691. The van der Waals surface area contributed by atoms with Crippen LogP contribution in [0.15, 0.2) is 45.7 Å². The SMILES string of the molecule is CC1(C)CCC2=CN(c3ccco3)c3sc4c(=O)[nH]cnc4c3C2C1. The van der Waals surface area contributed by atoms with E-state index in [1.807, 2.05) is 12.1 Å². The largest absolute Gasteiger partial charge is 0.448 e. The Balaban J connectivity index is 1.79. The zero-order valence-corrected chi connectivity index (χ0v) is 15.0. The van der Waals surface area contributed by atoms with Crippen LogP contribution in [0.3, 0.4) is 0 Å². The number of anilines is 2. The summed E-state index contributed by atoms with van der Waals surface area (Å²) in [4.78, 5) is 21.7. The summed E-state index contributed by atoms with van der Waals surface area (Å²) in [7, 11) is 0. The summed E-state index contributed by atoms with van der Waals surface area (Å²) in [5, 5.41) is 1.06. The predicted octanol–water partition coefficient (Wildman–Crippen LogP) is 4.91. The Labute approximate surface area is 149 Å². The lowest BCUT2D eigenvalue weighted by Crippen LogP contribution is -2.28. The Hall–Kier alpha value is -2.34. The predicted molar refractivity (Wildman–Crippen MR) is 99.5 cm³/mol. The van der Waals surface area contributed by atoms with Crippen molar-refractivity contribution in [3.63, 3.8) is 0 Å². The van der Waals surface area contributed by atoms with E-state index < -0.39 is 0 Å². The van der Waals surface area contributed by atoms with Crippen molar-refractivity contribution in [2.75, 3.05) is 4.90 Å². The third-order valence-corrected chi connectivity index (χ3v) is 6.59. The normalized spacial score (nSPS) is 21.8. The topological polar surface area (TPSA) is 62.1 Å². The van der Waals surface area contributed by atoms with Crippen LogP contribution in [-0.2, 0) is 0 Å². The van der Waals surface area contributed by atoms with Crippen LogP contribution < -0.4 is 10.5 Å². The molecule has 128 valence electrons. The summed E-state index contributed by atoms with van der Waals surface area (Å²) in [5.41, 5.74) is 3.66. The van der Waals surface area contributed by atoms with E-state index in [4.69, 9.17) is 4.42 Å². The van der Waals surface area contributed by atoms with Crippen molar-refractivity contribution in [3.8, 4) is 0 Å². The molecule has 1 aliphatic heterocycles. The molecule has 0 bridgehead atoms. The second-order valence-electron chi connectivity index (χ2n) is 7.68. The molecule has 0 amide bonds. The first-order chi connectivity index (χ1) is 12.0. The van der Waals surface area contributed by atoms with E-state index in [-0.39, 0.29) is 5.56 Å². The third-order valence-electron chi connectivity index (χ3n) is 5.40. The van der Waals surface area contributed by atoms with E-state index in [1.54, 1.807) is 6.26 Å². The summed E-state index contributed by atoms with van der Waals surface area (Å²) in [6.07, 6.45) is 8.73. The molecule has 6 heteroatoms. The number of rotatable bonds is 1. The van der Waals surface area contributed by atoms with Crippen LogP contribution in [-0.4, -0.2) is 9.97 Å². The number of furan rings is 1. The number of aromatic nitrogens is 2. The van der Waals surface area contributed by atoms with E-state index in [0.717, 1.165) is 29.2 Å². The Morgan fingerprint density at radius 1 is 1.44 bits per heavy atom. The molecule has 3 aromatic heterocycles. The molecular weight excluding hydrogens is 334 g/mol. The standard InChI is InChI=1S/C19H19N3O2S/c1-19(2)6-5-11-9-22(13-4-3-7-24-13)18-14(12(11)8-19)15-16(25-18)17(23)21-10-20-15/h3-4,7,9-10,12H,5-6,8H2,1-2H3,(H,20,21,23). The van der Waals surface area contributed by atoms with Gasteiger partial charge in [-0.05, 0) is 36.3 Å². The highest BCUT2D eigenvalue weighted by Gasteiger charge is 2.39. The molecule has 4 heterocycles. The van der Waals surface area contributed by atoms with Gasteiger partial charge in [0.25, 0.3) is 5.56 Å². The van der Waals surface area contributed by atoms with Gasteiger partial charge in [0.15, 0.2) is 0 Å². The second-order valence-corrected chi connectivity index (χ2v) is 8.68. The average molecular weight is 353 g/mol. The Kier molecular flexibility index (Phi) is 3.04. The summed E-state index contributed by atoms with van der Waals surface area (Å²) >= 11 is 1.50. The van der Waals surface area contributed by atoms with E-state index in [2.05, 4.69) is 34.9 Å². The molecule has 1 unspecified atom stereocenters. The molecule has 0 spiro atoms. The first-order valence-electron chi connectivity index (χ1n) is 8.57. The summed E-state index contributed by atoms with van der Waals surface area (Å²) in [6.45, 7) is 4.66. The van der Waals surface area contributed by atoms with Gasteiger partial charge in [-0.3, -0.25) is 9.69 Å². The molecule has 0 radical (unpaired) electrons. The molecule has 2 aliphatic rings. The molecule has 3 aromatic rings. The van der Waals surface area contributed by atoms with E-state index in [1.165, 1.54) is 35.2 Å². The van der Waals surface area contributed by atoms with Crippen molar-refractivity contribution in [1.82, 2.24) is 9.97 Å². The molecule has 1 saturated carbocycles. The van der Waals surface area contributed by atoms with Crippen molar-refractivity contribution in [3.05, 3.63) is 52.4 Å². The van der Waals surface area contributed by atoms with Crippen molar-refractivity contribution in [2.24, 2.45) is 5.41 Å². The van der Waals surface area contributed by atoms with Gasteiger partial charge in [0.2, 0.25) is 5.88 Å². The summed E-state index contributed by atoms with van der Waals surface area (Å²) in [5.74, 6) is 1.10. The number of allylic oxidation sites excluding steroid dienone is 1. The number of H-pyrrole nitrogens is 1. The van der Waals surface area contributed by atoms with Crippen LogP contribution in [0.2, 0.25) is 0 Å². The quantitative estimate of drug-likeness (QED) is 0.675. The smallest absolute Gasteiger partial charge is 0.268 e. The molecule has 0 saturated heterocycles. The van der Waals surface area contributed by atoms with E-state index in [0.29, 0.717) is 16.0 Å². The van der Waals surface area contributed by atoms with Gasteiger partial charge in [0.1, 0.15) is 9.70 Å². The molecule has 25 heavy (non-hydrogen) atoms. The molecule has 1 aliphatic carbocycles. The lowest BCUT2D eigenvalue weighted by atomic mass is 9.67. The van der Waals surface area contributed by atoms with Crippen LogP contribution in [0.5, 0.6) is 0 Å². The number of nitrogens with one attached hydrogen (secondary N) is 1. The number of fused-ring (bicyclic) bond motifs is 5. The van der Waals surface area contributed by atoms with Gasteiger partial charge in [-0.1, -0.05) is 13.8 Å². The Bertz CT molecular complexity index is 1040. The van der Waals surface area contributed by atoms with Crippen LogP contribution in [0, 0.1) is 5.41 Å². The highest BCUT2D eigenvalue weighted by atomic mass is 32.1. The van der Waals surface area contributed by atoms with Crippen molar-refractivity contribution < 1.29 is 4.42 Å². The van der Waals surface area contributed by atoms with Gasteiger partial charge >= 0.3 is 0 Å². The summed E-state index contributed by atoms with van der Waals surface area (Å²) in [6, 6.07) is 3.85. The van der Waals surface area contributed by atoms with Gasteiger partial charge in [0, 0.05) is 23.7 Å². The zero-order valence-electron chi connectivity index (χ0n) is 14.2. The zero-order chi connectivity index (χ0) is 17.2. The van der Waals surface area contributed by atoms with Crippen molar-refractivity contribution in [2.45, 2.75) is 39.0 Å². The molecule has 0 aromatic carbocycles. The maximum atomic E-state index is 12.3. The maximum Gasteiger partial charge on any atom is 0.268 e. The first kappa shape index (κ1) is 15.0. The third kappa shape index (κ3) is 2.20. The number of thiophene rings is 1. The molecule has 5 nitrogen and oxygen atoms in total. The fourth-order valence-corrected chi connectivity index (χ4v) is 5.29. The monoisotopic (exact) mass is 353 g/mol. The van der Waals surface area contributed by atoms with E-state index in [9.17, 15) is 4.79 Å². The van der Waals surface area contributed by atoms with Gasteiger partial charge in [-0.25, -0.2) is 4.98 Å². The average Bonchev–Trinajstić information content (AvgIpc) is 3.22. The molecule has 1 N–H and O–H groups in total. The van der Waals surface area contributed by atoms with Crippen molar-refractivity contribution in [1.29, 1.82) is 0 Å². The molecular formula is C19H19N3O2S. The lowest BCUT2D eigenvalue weighted by molar-refractivity contribution is 0.257. The van der Waals surface area contributed by atoms with Gasteiger partial charge in [0.05, 0.1) is 18.1 Å². The second kappa shape index (κ2) is 5.08. The van der Waals surface area contributed by atoms with Crippen LogP contribution in [0.4, 0.5) is 10.9 Å². The molecule has 1 fully saturated rings. The van der Waals surface area contributed by atoms with Crippen molar-refractivity contribution >= 4 is 32.4 Å². The minimum Gasteiger partial charge on any atom is -0.448 e. The van der Waals surface area contributed by atoms with Crippen LogP contribution in [0.1, 0.15) is 44.6 Å². The highest BCUT2D eigenvalue weighted by Crippen LogP contribution is 2.55. The van der Waals surface area contributed by atoms with Crippen LogP contribution >= 0.6 is 11.3 Å². The van der Waals surface area contributed by atoms with Crippen LogP contribution in [0.25, 0.3) is 10.2 Å². The Morgan fingerprint density at radius 3 is 3.12 bits per heavy atom. The van der Waals surface area contributed by atoms with E-state index >= 15 is 0 Å². The fraction of sp³-hybridized carbons (Fsp3) is 0.368. The van der Waals surface area contributed by atoms with Gasteiger partial charge < -0.3 is 9.40 Å². The molecule has 1 atom stereocenters. The molecule has 5 rings (SSSR count). The number of hydrogen-bond acceptors (Lipinski definition) is 5. The number of nitrogens with zero attached hydrogens (tertiary/aromatic N) is 2.